The maximum Gasteiger partial charge on any atom is 0.408 e. The minimum Gasteiger partial charge on any atom is -0.461 e. The summed E-state index contributed by atoms with van der Waals surface area (Å²) in [6.07, 6.45) is -4.16. The van der Waals surface area contributed by atoms with E-state index in [4.69, 9.17) is 28.4 Å². The molecule has 4 N–H and O–H groups in total. The van der Waals surface area contributed by atoms with Crippen molar-refractivity contribution >= 4 is 53.7 Å². The number of rotatable bonds is 32. The molecule has 0 aliphatic carbocycles. The maximum absolute atomic E-state index is 14.7. The van der Waals surface area contributed by atoms with E-state index in [0.29, 0.717) is 27.8 Å². The number of carbonyl (C=O) groups excluding carboxylic acids is 9. The van der Waals surface area contributed by atoms with Gasteiger partial charge >= 0.3 is 35.9 Å². The van der Waals surface area contributed by atoms with Crippen LogP contribution in [0.1, 0.15) is 84.7 Å². The van der Waals surface area contributed by atoms with Crippen LogP contribution in [0, 0.1) is 0 Å². The predicted octanol–water partition coefficient (Wildman–Crippen LogP) is 7.57. The number of ether oxygens (including phenoxy) is 6. The average Bonchev–Trinajstić information content (AvgIpc) is 3.51. The fraction of sp³-hybridized carbons (Fsp3) is 0.286. The summed E-state index contributed by atoms with van der Waals surface area (Å²) in [6.45, 7) is -0.702. The third-order valence-corrected chi connectivity index (χ3v) is 12.4. The zero-order valence-corrected chi connectivity index (χ0v) is 45.2. The second kappa shape index (κ2) is 34.4. The molecule has 4 atom stereocenters. The molecule has 428 valence electrons. The zero-order chi connectivity index (χ0) is 58.2. The molecule has 4 unspecified atom stereocenters. The van der Waals surface area contributed by atoms with Crippen LogP contribution in [0.4, 0.5) is 4.79 Å². The van der Waals surface area contributed by atoms with Crippen molar-refractivity contribution in [1.82, 2.24) is 21.3 Å². The molecule has 0 aliphatic rings. The molecule has 6 aromatic rings. The van der Waals surface area contributed by atoms with Crippen molar-refractivity contribution in [2.75, 3.05) is 0 Å². The SMILES string of the molecule is O=C(CCC(NC(=O)OCc1ccccc1)C(=O)NC(CCC(=O)OCc1ccccc1)C(=O)NC(CCC(=O)OCc1ccccc1)C(=O)NC(CCC(=O)OCc1ccccc1)C(=O)OCc1ccccc1)OCc1ccccc1. The molecule has 0 aliphatic heterocycles. The molecule has 0 fully saturated rings. The van der Waals surface area contributed by atoms with Gasteiger partial charge in [0.1, 0.15) is 63.8 Å². The minimum absolute atomic E-state index is 0.0530. The number of alkyl carbamates (subject to hydrolysis) is 1. The summed E-state index contributed by atoms with van der Waals surface area (Å²) in [5.74, 6) is -6.86. The molecule has 0 bridgehead atoms. The fourth-order valence-electron chi connectivity index (χ4n) is 7.90. The molecular weight excluding hydrogens is 1050 g/mol. The molecule has 0 spiro atoms. The molecule has 0 heterocycles. The van der Waals surface area contributed by atoms with Gasteiger partial charge in [-0.3, -0.25) is 33.6 Å². The molecule has 82 heavy (non-hydrogen) atoms. The first-order chi connectivity index (χ1) is 39.9. The predicted molar refractivity (Wildman–Crippen MR) is 297 cm³/mol. The molecule has 19 heteroatoms. The topological polar surface area (TPSA) is 257 Å². The van der Waals surface area contributed by atoms with E-state index < -0.39 is 104 Å². The largest absolute Gasteiger partial charge is 0.461 e. The molecule has 0 saturated carbocycles. The molecule has 6 rings (SSSR count). The van der Waals surface area contributed by atoms with Gasteiger partial charge in [0.2, 0.25) is 17.7 Å². The highest BCUT2D eigenvalue weighted by atomic mass is 16.6. The van der Waals surface area contributed by atoms with E-state index in [2.05, 4.69) is 21.3 Å². The monoisotopic (exact) mass is 1120 g/mol. The lowest BCUT2D eigenvalue weighted by Crippen LogP contribution is -2.58. The quantitative estimate of drug-likeness (QED) is 0.0235. The first kappa shape index (κ1) is 61.6. The molecule has 19 nitrogen and oxygen atoms in total. The van der Waals surface area contributed by atoms with Crippen molar-refractivity contribution in [2.45, 2.75) is 115 Å². The van der Waals surface area contributed by atoms with Crippen LogP contribution in [0.15, 0.2) is 182 Å². The zero-order valence-electron chi connectivity index (χ0n) is 45.2. The Morgan fingerprint density at radius 1 is 0.268 bits per heavy atom. The number of hydrogen-bond acceptors (Lipinski definition) is 15. The second-order valence-electron chi connectivity index (χ2n) is 18.8. The van der Waals surface area contributed by atoms with Crippen LogP contribution in [-0.2, 0) is 106 Å². The summed E-state index contributed by atoms with van der Waals surface area (Å²) < 4.78 is 32.8. The summed E-state index contributed by atoms with van der Waals surface area (Å²) >= 11 is 0. The lowest BCUT2D eigenvalue weighted by molar-refractivity contribution is -0.151. The number of nitrogens with one attached hydrogen (secondary N) is 4. The maximum atomic E-state index is 14.7. The van der Waals surface area contributed by atoms with E-state index >= 15 is 0 Å². The van der Waals surface area contributed by atoms with Crippen LogP contribution < -0.4 is 21.3 Å². The molecular formula is C63H66N4O15. The lowest BCUT2D eigenvalue weighted by atomic mass is 10.0. The number of esters is 5. The molecule has 4 amide bonds. The summed E-state index contributed by atoms with van der Waals surface area (Å²) in [7, 11) is 0. The summed E-state index contributed by atoms with van der Waals surface area (Å²) in [4.78, 5) is 123. The summed E-state index contributed by atoms with van der Waals surface area (Å²) in [6, 6.07) is 46.5. The minimum atomic E-state index is -1.65. The van der Waals surface area contributed by atoms with Crippen molar-refractivity contribution in [1.29, 1.82) is 0 Å². The van der Waals surface area contributed by atoms with E-state index in [1.807, 2.05) is 6.07 Å². The average molecular weight is 1120 g/mol. The van der Waals surface area contributed by atoms with E-state index in [1.54, 1.807) is 176 Å². The number of hydrogen-bond donors (Lipinski definition) is 4. The van der Waals surface area contributed by atoms with E-state index in [1.165, 1.54) is 0 Å². The molecule has 0 radical (unpaired) electrons. The smallest absolute Gasteiger partial charge is 0.408 e. The van der Waals surface area contributed by atoms with Crippen molar-refractivity contribution in [3.63, 3.8) is 0 Å². The van der Waals surface area contributed by atoms with Gasteiger partial charge in [-0.25, -0.2) is 9.59 Å². The molecule has 0 saturated heterocycles. The standard InChI is InChI=1S/C63H66N4O15/c68-55(77-39-45-19-7-1-8-20-45)35-31-51(65-61(74)53(67-63(76)82-44-50-29-17-6-18-30-50)33-37-57(70)79-41-47-23-11-3-12-24-47)59(72)64-52(32-36-56(69)78-40-46-21-9-2-10-22-46)60(73)66-54(62(75)81-43-49-27-15-5-16-28-49)34-38-58(71)80-42-48-25-13-4-14-26-48/h1-30,51-54H,31-44H2,(H,64,72)(H,65,74)(H,66,73)(H,67,76). The van der Waals surface area contributed by atoms with Gasteiger partial charge in [-0.1, -0.05) is 182 Å². The first-order valence-corrected chi connectivity index (χ1v) is 26.7. The van der Waals surface area contributed by atoms with Crippen LogP contribution in [0.5, 0.6) is 0 Å². The van der Waals surface area contributed by atoms with Crippen LogP contribution in [0.3, 0.4) is 0 Å². The van der Waals surface area contributed by atoms with Crippen molar-refractivity contribution in [2.24, 2.45) is 0 Å². The summed E-state index contributed by atoms with van der Waals surface area (Å²) in [5, 5.41) is 10.2. The third-order valence-electron chi connectivity index (χ3n) is 12.4. The van der Waals surface area contributed by atoms with Gasteiger partial charge in [-0.05, 0) is 59.1 Å². The van der Waals surface area contributed by atoms with Gasteiger partial charge in [-0.15, -0.1) is 0 Å². The van der Waals surface area contributed by atoms with Gasteiger partial charge in [0.05, 0.1) is 0 Å². The van der Waals surface area contributed by atoms with E-state index in [-0.39, 0.29) is 65.3 Å². The number of benzene rings is 6. The normalized spacial score (nSPS) is 12.1. The fourth-order valence-corrected chi connectivity index (χ4v) is 7.90. The Hall–Kier alpha value is -9.65. The van der Waals surface area contributed by atoms with E-state index in [0.717, 1.165) is 5.56 Å². The Morgan fingerprint density at radius 2 is 0.488 bits per heavy atom. The Balaban J connectivity index is 1.23. The van der Waals surface area contributed by atoms with Gasteiger partial charge in [0.25, 0.3) is 0 Å². The number of carbonyl (C=O) groups is 9. The van der Waals surface area contributed by atoms with Crippen molar-refractivity contribution in [3.8, 4) is 0 Å². The Kier molecular flexibility index (Phi) is 25.8. The Morgan fingerprint density at radius 3 is 0.768 bits per heavy atom. The Labute approximate surface area is 475 Å². The van der Waals surface area contributed by atoms with Crippen LogP contribution in [0.25, 0.3) is 0 Å². The van der Waals surface area contributed by atoms with Crippen molar-refractivity contribution < 1.29 is 71.6 Å². The summed E-state index contributed by atoms with van der Waals surface area (Å²) in [5.41, 5.74) is 4.05. The van der Waals surface area contributed by atoms with Crippen LogP contribution in [-0.4, -0.2) is 77.8 Å². The first-order valence-electron chi connectivity index (χ1n) is 26.7. The molecule has 0 aromatic heterocycles. The van der Waals surface area contributed by atoms with Crippen molar-refractivity contribution in [3.05, 3.63) is 215 Å². The number of amides is 4. The van der Waals surface area contributed by atoms with Crippen LogP contribution >= 0.6 is 0 Å². The molecule has 6 aromatic carbocycles. The highest BCUT2D eigenvalue weighted by Gasteiger charge is 2.33. The highest BCUT2D eigenvalue weighted by Crippen LogP contribution is 2.14. The van der Waals surface area contributed by atoms with Gasteiger partial charge in [-0.2, -0.15) is 0 Å². The lowest BCUT2D eigenvalue weighted by Gasteiger charge is -2.26. The van der Waals surface area contributed by atoms with Gasteiger partial charge in [0, 0.05) is 25.7 Å². The van der Waals surface area contributed by atoms with Gasteiger partial charge in [0.15, 0.2) is 0 Å². The Bertz CT molecular complexity index is 2970. The second-order valence-corrected chi connectivity index (χ2v) is 18.8. The third kappa shape index (κ3) is 23.4. The van der Waals surface area contributed by atoms with Gasteiger partial charge < -0.3 is 49.7 Å². The highest BCUT2D eigenvalue weighted by molar-refractivity contribution is 5.95. The van der Waals surface area contributed by atoms with E-state index in [9.17, 15) is 43.2 Å². The van der Waals surface area contributed by atoms with Crippen LogP contribution in [0.2, 0.25) is 0 Å².